The minimum atomic E-state index is 0.771. The molecule has 1 aromatic rings. The summed E-state index contributed by atoms with van der Waals surface area (Å²) in [6.45, 7) is 14.7. The maximum absolute atomic E-state index is 5.94. The van der Waals surface area contributed by atoms with Gasteiger partial charge in [0.05, 0.1) is 0 Å². The van der Waals surface area contributed by atoms with Crippen molar-refractivity contribution in [3.8, 4) is 5.75 Å². The highest BCUT2D eigenvalue weighted by Gasteiger charge is 2.07. The molecule has 0 saturated carbocycles. The minimum Gasteiger partial charge on any atom is -0.492 e. The van der Waals surface area contributed by atoms with Crippen molar-refractivity contribution in [1.82, 2.24) is 4.90 Å². The molecule has 0 unspecified atom stereocenters. The second kappa shape index (κ2) is 6.65. The molecule has 0 aromatic heterocycles. The second-order valence-electron chi connectivity index (χ2n) is 4.53. The van der Waals surface area contributed by atoms with Gasteiger partial charge in [0.15, 0.2) is 0 Å². The van der Waals surface area contributed by atoms with E-state index in [4.69, 9.17) is 4.74 Å². The van der Waals surface area contributed by atoms with Crippen molar-refractivity contribution >= 4 is 0 Å². The summed E-state index contributed by atoms with van der Waals surface area (Å²) in [6.07, 6.45) is 0. The second-order valence-corrected chi connectivity index (χ2v) is 4.53. The Morgan fingerprint density at radius 1 is 1.00 bits per heavy atom. The summed E-state index contributed by atoms with van der Waals surface area (Å²) < 4.78 is 5.94. The van der Waals surface area contributed by atoms with Crippen LogP contribution < -0.4 is 4.74 Å². The molecule has 0 bridgehead atoms. The molecule has 0 radical (unpaired) electrons. The third kappa shape index (κ3) is 3.74. The van der Waals surface area contributed by atoms with E-state index in [1.165, 1.54) is 16.7 Å². The zero-order chi connectivity index (χ0) is 12.8. The van der Waals surface area contributed by atoms with Crippen LogP contribution in [-0.4, -0.2) is 31.1 Å². The van der Waals surface area contributed by atoms with Crippen LogP contribution in [-0.2, 0) is 0 Å². The van der Waals surface area contributed by atoms with E-state index >= 15 is 0 Å². The van der Waals surface area contributed by atoms with Crippen molar-refractivity contribution in [2.24, 2.45) is 0 Å². The highest BCUT2D eigenvalue weighted by molar-refractivity contribution is 5.44. The monoisotopic (exact) mass is 235 g/mol. The maximum Gasteiger partial charge on any atom is 0.125 e. The minimum absolute atomic E-state index is 0.771. The van der Waals surface area contributed by atoms with Crippen molar-refractivity contribution in [2.75, 3.05) is 26.2 Å². The van der Waals surface area contributed by atoms with Gasteiger partial charge in [0.2, 0.25) is 0 Å². The molecule has 0 spiro atoms. The first-order valence-corrected chi connectivity index (χ1v) is 6.52. The molecule has 0 aliphatic heterocycles. The van der Waals surface area contributed by atoms with Crippen LogP contribution in [0.15, 0.2) is 12.1 Å². The van der Waals surface area contributed by atoms with Gasteiger partial charge in [0.1, 0.15) is 12.4 Å². The lowest BCUT2D eigenvalue weighted by Gasteiger charge is -2.19. The van der Waals surface area contributed by atoms with Gasteiger partial charge in [-0.3, -0.25) is 0 Å². The summed E-state index contributed by atoms with van der Waals surface area (Å²) in [4.78, 5) is 2.38. The van der Waals surface area contributed by atoms with E-state index in [2.05, 4.69) is 51.7 Å². The fraction of sp³-hybridized carbons (Fsp3) is 0.600. The predicted molar refractivity (Wildman–Crippen MR) is 73.9 cm³/mol. The Balaban J connectivity index is 2.60. The van der Waals surface area contributed by atoms with Crippen LogP contribution in [0.2, 0.25) is 0 Å². The molecule has 0 N–H and O–H groups in total. The van der Waals surface area contributed by atoms with Crippen LogP contribution in [0.5, 0.6) is 5.75 Å². The SMILES string of the molecule is CCN(CC)CCOc1c(C)ccc(C)c1C. The number of aryl methyl sites for hydroxylation is 2. The van der Waals surface area contributed by atoms with Gasteiger partial charge in [-0.05, 0) is 50.6 Å². The Morgan fingerprint density at radius 3 is 2.18 bits per heavy atom. The quantitative estimate of drug-likeness (QED) is 0.750. The van der Waals surface area contributed by atoms with Gasteiger partial charge < -0.3 is 9.64 Å². The van der Waals surface area contributed by atoms with Gasteiger partial charge in [0, 0.05) is 6.54 Å². The van der Waals surface area contributed by atoms with Crippen LogP contribution in [0.25, 0.3) is 0 Å². The molecule has 2 nitrogen and oxygen atoms in total. The topological polar surface area (TPSA) is 12.5 Å². The summed E-state index contributed by atoms with van der Waals surface area (Å²) >= 11 is 0. The fourth-order valence-electron chi connectivity index (χ4n) is 1.96. The van der Waals surface area contributed by atoms with Crippen LogP contribution >= 0.6 is 0 Å². The van der Waals surface area contributed by atoms with Crippen LogP contribution in [0.4, 0.5) is 0 Å². The summed E-state index contributed by atoms with van der Waals surface area (Å²) in [5.74, 6) is 1.07. The lowest BCUT2D eigenvalue weighted by atomic mass is 10.1. The molecule has 0 aliphatic carbocycles. The smallest absolute Gasteiger partial charge is 0.125 e. The number of ether oxygens (including phenoxy) is 1. The van der Waals surface area contributed by atoms with E-state index in [9.17, 15) is 0 Å². The Labute approximate surface area is 106 Å². The van der Waals surface area contributed by atoms with Gasteiger partial charge in [-0.25, -0.2) is 0 Å². The Bertz CT molecular complexity index is 356. The molecule has 96 valence electrons. The summed E-state index contributed by atoms with van der Waals surface area (Å²) in [5, 5.41) is 0. The molecule has 0 amide bonds. The zero-order valence-electron chi connectivity index (χ0n) is 11.8. The van der Waals surface area contributed by atoms with Gasteiger partial charge in [-0.15, -0.1) is 0 Å². The van der Waals surface area contributed by atoms with E-state index < -0.39 is 0 Å². The summed E-state index contributed by atoms with van der Waals surface area (Å²) in [5.41, 5.74) is 3.80. The standard InChI is InChI=1S/C15H25NO/c1-6-16(7-2)10-11-17-15-13(4)9-8-12(3)14(15)5/h8-9H,6-7,10-11H2,1-5H3. The van der Waals surface area contributed by atoms with Crippen molar-refractivity contribution in [1.29, 1.82) is 0 Å². The number of hydrogen-bond donors (Lipinski definition) is 0. The Kier molecular flexibility index (Phi) is 5.49. The molecule has 2 heteroatoms. The third-order valence-corrected chi connectivity index (χ3v) is 3.42. The largest absolute Gasteiger partial charge is 0.492 e. The van der Waals surface area contributed by atoms with E-state index in [1.54, 1.807) is 0 Å². The molecule has 17 heavy (non-hydrogen) atoms. The molecule has 0 heterocycles. The van der Waals surface area contributed by atoms with Crippen LogP contribution in [0.3, 0.4) is 0 Å². The Morgan fingerprint density at radius 2 is 1.59 bits per heavy atom. The molecule has 1 rings (SSSR count). The first-order chi connectivity index (χ1) is 8.10. The van der Waals surface area contributed by atoms with Gasteiger partial charge in [0.25, 0.3) is 0 Å². The third-order valence-electron chi connectivity index (χ3n) is 3.42. The van der Waals surface area contributed by atoms with Gasteiger partial charge >= 0.3 is 0 Å². The van der Waals surface area contributed by atoms with E-state index in [0.29, 0.717) is 0 Å². The fourth-order valence-corrected chi connectivity index (χ4v) is 1.96. The van der Waals surface area contributed by atoms with E-state index in [1.807, 2.05) is 0 Å². The molecular formula is C15H25NO. The van der Waals surface area contributed by atoms with Crippen LogP contribution in [0, 0.1) is 20.8 Å². The number of rotatable bonds is 6. The van der Waals surface area contributed by atoms with Crippen molar-refractivity contribution in [3.63, 3.8) is 0 Å². The highest BCUT2D eigenvalue weighted by atomic mass is 16.5. The predicted octanol–water partition coefficient (Wildman–Crippen LogP) is 3.33. The molecule has 0 atom stereocenters. The zero-order valence-corrected chi connectivity index (χ0v) is 11.8. The summed E-state index contributed by atoms with van der Waals surface area (Å²) in [6, 6.07) is 4.29. The summed E-state index contributed by atoms with van der Waals surface area (Å²) in [7, 11) is 0. The molecule has 1 aromatic carbocycles. The van der Waals surface area contributed by atoms with Gasteiger partial charge in [-0.2, -0.15) is 0 Å². The molecule has 0 aliphatic rings. The lowest BCUT2D eigenvalue weighted by molar-refractivity contribution is 0.221. The molecule has 0 saturated heterocycles. The molecule has 0 fully saturated rings. The van der Waals surface area contributed by atoms with Gasteiger partial charge in [-0.1, -0.05) is 26.0 Å². The number of benzene rings is 1. The number of hydrogen-bond acceptors (Lipinski definition) is 2. The van der Waals surface area contributed by atoms with Crippen molar-refractivity contribution in [3.05, 3.63) is 28.8 Å². The molecular weight excluding hydrogens is 210 g/mol. The maximum atomic E-state index is 5.94. The average Bonchev–Trinajstić information content (AvgIpc) is 2.33. The first-order valence-electron chi connectivity index (χ1n) is 6.52. The average molecular weight is 235 g/mol. The number of nitrogens with zero attached hydrogens (tertiary/aromatic N) is 1. The normalized spacial score (nSPS) is 10.9. The van der Waals surface area contributed by atoms with Crippen LogP contribution in [0.1, 0.15) is 30.5 Å². The first kappa shape index (κ1) is 14.0. The highest BCUT2D eigenvalue weighted by Crippen LogP contribution is 2.25. The lowest BCUT2D eigenvalue weighted by Crippen LogP contribution is -2.28. The van der Waals surface area contributed by atoms with Crippen molar-refractivity contribution < 1.29 is 4.74 Å². The van der Waals surface area contributed by atoms with E-state index in [-0.39, 0.29) is 0 Å². The number of likely N-dealkylation sites (N-methyl/N-ethyl adjacent to an activating group) is 1. The van der Waals surface area contributed by atoms with E-state index in [0.717, 1.165) is 32.0 Å². The van der Waals surface area contributed by atoms with Crippen molar-refractivity contribution in [2.45, 2.75) is 34.6 Å². The Hall–Kier alpha value is -1.02.